The zero-order chi connectivity index (χ0) is 20.8. The summed E-state index contributed by atoms with van der Waals surface area (Å²) in [5.41, 5.74) is 1.73. The number of hydrogen-bond acceptors (Lipinski definition) is 5. The lowest BCUT2D eigenvalue weighted by molar-refractivity contribution is 0.0632. The normalized spacial score (nSPS) is 16.3. The maximum Gasteiger partial charge on any atom is 0.254 e. The number of ether oxygens (including phenoxy) is 4. The summed E-state index contributed by atoms with van der Waals surface area (Å²) in [6.07, 6.45) is 2.00. The van der Waals surface area contributed by atoms with Crippen LogP contribution < -0.4 is 18.9 Å². The van der Waals surface area contributed by atoms with Crippen molar-refractivity contribution in [3.05, 3.63) is 47.5 Å². The van der Waals surface area contributed by atoms with Crippen molar-refractivity contribution in [3.63, 3.8) is 0 Å². The van der Waals surface area contributed by atoms with Crippen LogP contribution in [-0.4, -0.2) is 51.8 Å². The molecule has 0 aromatic heterocycles. The Morgan fingerprint density at radius 1 is 1.03 bits per heavy atom. The third kappa shape index (κ3) is 4.94. The molecule has 0 saturated carbocycles. The molecule has 6 nitrogen and oxygen atoms in total. The summed E-state index contributed by atoms with van der Waals surface area (Å²) in [5.74, 6) is 2.57. The molecule has 0 radical (unpaired) electrons. The van der Waals surface area contributed by atoms with Crippen molar-refractivity contribution < 1.29 is 23.7 Å². The van der Waals surface area contributed by atoms with Crippen molar-refractivity contribution in [1.29, 1.82) is 0 Å². The molecule has 29 heavy (non-hydrogen) atoms. The summed E-state index contributed by atoms with van der Waals surface area (Å²) in [5, 5.41) is 0. The molecule has 1 aliphatic heterocycles. The lowest BCUT2D eigenvalue weighted by Gasteiger charge is -2.33. The first-order valence-electron chi connectivity index (χ1n) is 9.84. The Morgan fingerprint density at radius 3 is 2.28 bits per heavy atom. The molecular weight excluding hydrogens is 370 g/mol. The van der Waals surface area contributed by atoms with Gasteiger partial charge in [0, 0.05) is 24.6 Å². The highest BCUT2D eigenvalue weighted by Crippen LogP contribution is 2.38. The van der Waals surface area contributed by atoms with E-state index in [0.717, 1.165) is 25.1 Å². The molecular formula is C23H29NO5. The Morgan fingerprint density at radius 2 is 1.69 bits per heavy atom. The molecule has 0 bridgehead atoms. The number of aryl methyl sites for hydroxylation is 1. The first-order valence-corrected chi connectivity index (χ1v) is 9.84. The van der Waals surface area contributed by atoms with E-state index in [0.29, 0.717) is 41.9 Å². The minimum absolute atomic E-state index is 0.0377. The highest BCUT2D eigenvalue weighted by Gasteiger charge is 2.27. The molecule has 1 heterocycles. The highest BCUT2D eigenvalue weighted by molar-refractivity contribution is 5.95. The predicted molar refractivity (Wildman–Crippen MR) is 111 cm³/mol. The lowest BCUT2D eigenvalue weighted by atomic mass is 9.98. The molecule has 0 N–H and O–H groups in total. The zero-order valence-corrected chi connectivity index (χ0v) is 17.6. The summed E-state index contributed by atoms with van der Waals surface area (Å²) >= 11 is 0. The van der Waals surface area contributed by atoms with Crippen LogP contribution in [0.25, 0.3) is 0 Å². The Kier molecular flexibility index (Phi) is 6.86. The van der Waals surface area contributed by atoms with Crippen LogP contribution in [0.2, 0.25) is 0 Å². The second kappa shape index (κ2) is 9.54. The Hall–Kier alpha value is -2.89. The standard InChI is InChI=1S/C23H29NO5/c1-16-7-9-19(10-8-16)29-15-17-6-5-11-24(14-17)23(25)18-12-20(26-2)22(28-4)21(13-18)27-3/h7-10,12-13,17H,5-6,11,14-15H2,1-4H3. The molecule has 6 heteroatoms. The van der Waals surface area contributed by atoms with E-state index >= 15 is 0 Å². The van der Waals surface area contributed by atoms with Crippen molar-refractivity contribution in [2.45, 2.75) is 19.8 Å². The molecule has 0 spiro atoms. The molecule has 0 aliphatic carbocycles. The van der Waals surface area contributed by atoms with Gasteiger partial charge in [-0.25, -0.2) is 0 Å². The van der Waals surface area contributed by atoms with Gasteiger partial charge in [0.15, 0.2) is 11.5 Å². The average molecular weight is 399 g/mol. The van der Waals surface area contributed by atoms with Gasteiger partial charge in [-0.15, -0.1) is 0 Å². The molecule has 1 unspecified atom stereocenters. The number of carbonyl (C=O) groups excluding carboxylic acids is 1. The number of nitrogens with zero attached hydrogens (tertiary/aromatic N) is 1. The van der Waals surface area contributed by atoms with Crippen molar-refractivity contribution in [1.82, 2.24) is 4.90 Å². The largest absolute Gasteiger partial charge is 0.493 e. The van der Waals surface area contributed by atoms with Crippen molar-refractivity contribution in [2.75, 3.05) is 41.0 Å². The third-order valence-electron chi connectivity index (χ3n) is 5.22. The second-order valence-electron chi connectivity index (χ2n) is 7.30. The molecule has 1 amide bonds. The van der Waals surface area contributed by atoms with Crippen LogP contribution in [0.5, 0.6) is 23.0 Å². The van der Waals surface area contributed by atoms with Crippen LogP contribution >= 0.6 is 0 Å². The monoisotopic (exact) mass is 399 g/mol. The molecule has 1 fully saturated rings. The Labute approximate surface area is 172 Å². The van der Waals surface area contributed by atoms with E-state index in [9.17, 15) is 4.79 Å². The van der Waals surface area contributed by atoms with Crippen molar-refractivity contribution >= 4 is 5.91 Å². The minimum Gasteiger partial charge on any atom is -0.493 e. The third-order valence-corrected chi connectivity index (χ3v) is 5.22. The zero-order valence-electron chi connectivity index (χ0n) is 17.6. The van der Waals surface area contributed by atoms with E-state index in [1.165, 1.54) is 5.56 Å². The maximum atomic E-state index is 13.1. The number of rotatable bonds is 7. The number of hydrogen-bond donors (Lipinski definition) is 0. The van der Waals surface area contributed by atoms with Crippen LogP contribution in [0.4, 0.5) is 0 Å². The number of methoxy groups -OCH3 is 3. The van der Waals surface area contributed by atoms with E-state index in [2.05, 4.69) is 6.92 Å². The molecule has 2 aromatic rings. The molecule has 1 saturated heterocycles. The van der Waals surface area contributed by atoms with Crippen LogP contribution in [-0.2, 0) is 0 Å². The van der Waals surface area contributed by atoms with Gasteiger partial charge in [-0.1, -0.05) is 17.7 Å². The van der Waals surface area contributed by atoms with Crippen molar-refractivity contribution in [3.8, 4) is 23.0 Å². The quantitative estimate of drug-likeness (QED) is 0.706. The SMILES string of the molecule is COc1cc(C(=O)N2CCCC(COc3ccc(C)cc3)C2)cc(OC)c1OC. The Bertz CT molecular complexity index is 809. The average Bonchev–Trinajstić information content (AvgIpc) is 2.77. The van der Waals surface area contributed by atoms with Crippen LogP contribution in [0.3, 0.4) is 0 Å². The van der Waals surface area contributed by atoms with Gasteiger partial charge in [0.25, 0.3) is 5.91 Å². The smallest absolute Gasteiger partial charge is 0.254 e. The van der Waals surface area contributed by atoms with E-state index in [1.54, 1.807) is 33.5 Å². The van der Waals surface area contributed by atoms with Gasteiger partial charge < -0.3 is 23.8 Å². The highest BCUT2D eigenvalue weighted by atomic mass is 16.5. The van der Waals surface area contributed by atoms with Crippen LogP contribution in [0.1, 0.15) is 28.8 Å². The van der Waals surface area contributed by atoms with Gasteiger partial charge in [-0.05, 0) is 44.0 Å². The van der Waals surface area contributed by atoms with Gasteiger partial charge in [-0.2, -0.15) is 0 Å². The predicted octanol–water partition coefficient (Wildman–Crippen LogP) is 3.95. The number of piperidine rings is 1. The summed E-state index contributed by atoms with van der Waals surface area (Å²) in [6, 6.07) is 11.5. The fourth-order valence-corrected chi connectivity index (χ4v) is 3.62. The fourth-order valence-electron chi connectivity index (χ4n) is 3.62. The minimum atomic E-state index is -0.0377. The molecule has 2 aromatic carbocycles. The van der Waals surface area contributed by atoms with Gasteiger partial charge in [0.2, 0.25) is 5.75 Å². The van der Waals surface area contributed by atoms with Gasteiger partial charge in [-0.3, -0.25) is 4.79 Å². The molecule has 1 atom stereocenters. The summed E-state index contributed by atoms with van der Waals surface area (Å²) in [7, 11) is 4.64. The second-order valence-corrected chi connectivity index (χ2v) is 7.30. The van der Waals surface area contributed by atoms with E-state index in [1.807, 2.05) is 29.2 Å². The van der Waals surface area contributed by atoms with Gasteiger partial charge >= 0.3 is 0 Å². The van der Waals surface area contributed by atoms with Gasteiger partial charge in [0.05, 0.1) is 27.9 Å². The number of amides is 1. The summed E-state index contributed by atoms with van der Waals surface area (Å²) in [4.78, 5) is 15.0. The number of likely N-dealkylation sites (tertiary alicyclic amines) is 1. The first-order chi connectivity index (χ1) is 14.0. The van der Waals surface area contributed by atoms with Gasteiger partial charge in [0.1, 0.15) is 5.75 Å². The van der Waals surface area contributed by atoms with E-state index < -0.39 is 0 Å². The van der Waals surface area contributed by atoms with E-state index in [4.69, 9.17) is 18.9 Å². The van der Waals surface area contributed by atoms with Crippen LogP contribution in [0, 0.1) is 12.8 Å². The molecule has 1 aliphatic rings. The molecule has 3 rings (SSSR count). The molecule has 156 valence electrons. The van der Waals surface area contributed by atoms with Crippen LogP contribution in [0.15, 0.2) is 36.4 Å². The van der Waals surface area contributed by atoms with E-state index in [-0.39, 0.29) is 5.91 Å². The summed E-state index contributed by atoms with van der Waals surface area (Å²) in [6.45, 7) is 4.05. The Balaban J connectivity index is 1.68. The summed E-state index contributed by atoms with van der Waals surface area (Å²) < 4.78 is 22.0. The fraction of sp³-hybridized carbons (Fsp3) is 0.435. The number of carbonyl (C=O) groups is 1. The lowest BCUT2D eigenvalue weighted by Crippen LogP contribution is -2.41. The number of benzene rings is 2. The maximum absolute atomic E-state index is 13.1. The topological polar surface area (TPSA) is 57.2 Å². The first kappa shape index (κ1) is 20.8. The van der Waals surface area contributed by atoms with Crippen molar-refractivity contribution in [2.24, 2.45) is 5.92 Å².